The van der Waals surface area contributed by atoms with Crippen LogP contribution in [0.15, 0.2) is 30.3 Å². The fourth-order valence-corrected chi connectivity index (χ4v) is 2.43. The zero-order valence-electron chi connectivity index (χ0n) is 10.4. The Bertz CT molecular complexity index is 566. The first-order chi connectivity index (χ1) is 8.72. The van der Waals surface area contributed by atoms with Crippen molar-refractivity contribution in [3.63, 3.8) is 0 Å². The normalized spacial score (nSPS) is 14.7. The Morgan fingerprint density at radius 1 is 1.17 bits per heavy atom. The molecule has 92 valence electrons. The standard InChI is InChI=1S/C14H16N4/c1-10-16-13-9-18(8-12(13)14(15)17-10)7-11-5-3-2-4-6-11/h2-6H,7-9H2,1H3,(H2,15,16,17). The number of anilines is 1. The summed E-state index contributed by atoms with van der Waals surface area (Å²) < 4.78 is 0. The van der Waals surface area contributed by atoms with Gasteiger partial charge >= 0.3 is 0 Å². The number of aryl methyl sites for hydroxylation is 1. The SMILES string of the molecule is Cc1nc(N)c2c(n1)CN(Cc1ccccc1)C2. The van der Waals surface area contributed by atoms with Crippen molar-refractivity contribution >= 4 is 5.82 Å². The molecule has 0 fully saturated rings. The lowest BCUT2D eigenvalue weighted by atomic mass is 10.2. The summed E-state index contributed by atoms with van der Waals surface area (Å²) in [5.74, 6) is 1.39. The van der Waals surface area contributed by atoms with E-state index in [9.17, 15) is 0 Å². The van der Waals surface area contributed by atoms with Gasteiger partial charge in [0.2, 0.25) is 0 Å². The Hall–Kier alpha value is -1.94. The molecule has 0 spiro atoms. The van der Waals surface area contributed by atoms with Crippen LogP contribution in [-0.4, -0.2) is 14.9 Å². The molecule has 0 saturated heterocycles. The second-order valence-electron chi connectivity index (χ2n) is 4.71. The van der Waals surface area contributed by atoms with Gasteiger partial charge in [0.15, 0.2) is 0 Å². The van der Waals surface area contributed by atoms with Gasteiger partial charge in [-0.1, -0.05) is 30.3 Å². The minimum absolute atomic E-state index is 0.632. The molecule has 0 bridgehead atoms. The van der Waals surface area contributed by atoms with Crippen molar-refractivity contribution in [2.75, 3.05) is 5.73 Å². The average molecular weight is 240 g/mol. The Balaban J connectivity index is 1.79. The number of benzene rings is 1. The van der Waals surface area contributed by atoms with E-state index in [1.807, 2.05) is 13.0 Å². The molecule has 1 aromatic carbocycles. The number of fused-ring (bicyclic) bond motifs is 1. The van der Waals surface area contributed by atoms with Crippen LogP contribution >= 0.6 is 0 Å². The van der Waals surface area contributed by atoms with Gasteiger partial charge in [0, 0.05) is 25.2 Å². The van der Waals surface area contributed by atoms with E-state index < -0.39 is 0 Å². The largest absolute Gasteiger partial charge is 0.383 e. The highest BCUT2D eigenvalue weighted by atomic mass is 15.2. The number of nitrogen functional groups attached to an aromatic ring is 1. The Kier molecular flexibility index (Phi) is 2.72. The monoisotopic (exact) mass is 240 g/mol. The quantitative estimate of drug-likeness (QED) is 0.870. The predicted molar refractivity (Wildman–Crippen MR) is 70.6 cm³/mol. The summed E-state index contributed by atoms with van der Waals surface area (Å²) in [6.07, 6.45) is 0. The molecule has 0 unspecified atom stereocenters. The second-order valence-corrected chi connectivity index (χ2v) is 4.71. The molecule has 1 aliphatic rings. The van der Waals surface area contributed by atoms with Crippen LogP contribution in [0.5, 0.6) is 0 Å². The maximum Gasteiger partial charge on any atom is 0.131 e. The number of aromatic nitrogens is 2. The number of hydrogen-bond acceptors (Lipinski definition) is 4. The van der Waals surface area contributed by atoms with Crippen LogP contribution in [-0.2, 0) is 19.6 Å². The Labute approximate surface area is 106 Å². The fraction of sp³-hybridized carbons (Fsp3) is 0.286. The molecule has 0 amide bonds. The minimum Gasteiger partial charge on any atom is -0.383 e. The molecule has 4 nitrogen and oxygen atoms in total. The number of nitrogens with zero attached hydrogens (tertiary/aromatic N) is 3. The maximum absolute atomic E-state index is 5.95. The van der Waals surface area contributed by atoms with Gasteiger partial charge in [-0.2, -0.15) is 0 Å². The van der Waals surface area contributed by atoms with Gasteiger partial charge < -0.3 is 5.73 Å². The van der Waals surface area contributed by atoms with E-state index in [1.54, 1.807) is 0 Å². The van der Waals surface area contributed by atoms with Gasteiger partial charge in [0.25, 0.3) is 0 Å². The topological polar surface area (TPSA) is 55.0 Å². The van der Waals surface area contributed by atoms with Crippen molar-refractivity contribution in [3.05, 3.63) is 53.0 Å². The van der Waals surface area contributed by atoms with E-state index in [4.69, 9.17) is 5.73 Å². The van der Waals surface area contributed by atoms with Crippen molar-refractivity contribution in [3.8, 4) is 0 Å². The molecular formula is C14H16N4. The summed E-state index contributed by atoms with van der Waals surface area (Å²) in [6, 6.07) is 10.5. The third kappa shape index (κ3) is 2.07. The maximum atomic E-state index is 5.95. The molecule has 0 radical (unpaired) electrons. The van der Waals surface area contributed by atoms with E-state index >= 15 is 0 Å². The summed E-state index contributed by atoms with van der Waals surface area (Å²) in [4.78, 5) is 11.0. The van der Waals surface area contributed by atoms with Crippen LogP contribution in [0.4, 0.5) is 5.82 Å². The van der Waals surface area contributed by atoms with Gasteiger partial charge in [-0.05, 0) is 12.5 Å². The number of hydrogen-bond donors (Lipinski definition) is 1. The smallest absolute Gasteiger partial charge is 0.131 e. The lowest BCUT2D eigenvalue weighted by molar-refractivity contribution is 0.274. The molecule has 0 saturated carbocycles. The Morgan fingerprint density at radius 3 is 2.72 bits per heavy atom. The molecule has 3 rings (SSSR count). The third-order valence-electron chi connectivity index (χ3n) is 3.24. The van der Waals surface area contributed by atoms with E-state index in [1.165, 1.54) is 5.56 Å². The summed E-state index contributed by atoms with van der Waals surface area (Å²) in [5, 5.41) is 0. The van der Waals surface area contributed by atoms with Gasteiger partial charge in [-0.15, -0.1) is 0 Å². The lowest BCUT2D eigenvalue weighted by Gasteiger charge is -2.14. The number of nitrogens with two attached hydrogens (primary N) is 1. The van der Waals surface area contributed by atoms with Crippen molar-refractivity contribution in [1.82, 2.24) is 14.9 Å². The zero-order valence-corrected chi connectivity index (χ0v) is 10.4. The zero-order chi connectivity index (χ0) is 12.5. The van der Waals surface area contributed by atoms with Gasteiger partial charge in [-0.25, -0.2) is 9.97 Å². The molecule has 2 aromatic rings. The van der Waals surface area contributed by atoms with Crippen LogP contribution in [0.2, 0.25) is 0 Å². The van der Waals surface area contributed by atoms with Gasteiger partial charge in [-0.3, -0.25) is 4.90 Å². The van der Waals surface area contributed by atoms with E-state index in [0.29, 0.717) is 5.82 Å². The first kappa shape index (κ1) is 11.2. The lowest BCUT2D eigenvalue weighted by Crippen LogP contribution is -2.15. The highest BCUT2D eigenvalue weighted by Crippen LogP contribution is 2.26. The van der Waals surface area contributed by atoms with Crippen LogP contribution in [0.25, 0.3) is 0 Å². The fourth-order valence-electron chi connectivity index (χ4n) is 2.43. The second kappa shape index (κ2) is 4.38. The van der Waals surface area contributed by atoms with Crippen molar-refractivity contribution in [1.29, 1.82) is 0 Å². The van der Waals surface area contributed by atoms with E-state index in [-0.39, 0.29) is 0 Å². The van der Waals surface area contributed by atoms with Gasteiger partial charge in [0.05, 0.1) is 5.69 Å². The minimum atomic E-state index is 0.632. The summed E-state index contributed by atoms with van der Waals surface area (Å²) in [5.41, 5.74) is 9.44. The summed E-state index contributed by atoms with van der Waals surface area (Å²) in [6.45, 7) is 4.51. The molecule has 1 aromatic heterocycles. The first-order valence-electron chi connectivity index (χ1n) is 6.10. The average Bonchev–Trinajstić information content (AvgIpc) is 2.73. The van der Waals surface area contributed by atoms with Crippen LogP contribution in [0.1, 0.15) is 22.6 Å². The molecule has 0 atom stereocenters. The molecule has 2 N–H and O–H groups in total. The van der Waals surface area contributed by atoms with Crippen molar-refractivity contribution < 1.29 is 0 Å². The van der Waals surface area contributed by atoms with Crippen molar-refractivity contribution in [2.45, 2.75) is 26.6 Å². The first-order valence-corrected chi connectivity index (χ1v) is 6.10. The number of rotatable bonds is 2. The van der Waals surface area contributed by atoms with Crippen molar-refractivity contribution in [2.24, 2.45) is 0 Å². The Morgan fingerprint density at radius 2 is 1.94 bits per heavy atom. The summed E-state index contributed by atoms with van der Waals surface area (Å²) in [7, 11) is 0. The van der Waals surface area contributed by atoms with Crippen LogP contribution < -0.4 is 5.73 Å². The van der Waals surface area contributed by atoms with Crippen LogP contribution in [0.3, 0.4) is 0 Å². The van der Waals surface area contributed by atoms with E-state index in [2.05, 4.69) is 39.1 Å². The molecule has 4 heteroatoms. The molecule has 0 aliphatic carbocycles. The third-order valence-corrected chi connectivity index (χ3v) is 3.24. The summed E-state index contributed by atoms with van der Waals surface area (Å²) >= 11 is 0. The molecule has 18 heavy (non-hydrogen) atoms. The van der Waals surface area contributed by atoms with Gasteiger partial charge in [0.1, 0.15) is 11.6 Å². The predicted octanol–water partition coefficient (Wildman–Crippen LogP) is 1.88. The highest BCUT2D eigenvalue weighted by molar-refractivity contribution is 5.44. The van der Waals surface area contributed by atoms with E-state index in [0.717, 1.165) is 36.7 Å². The molecule has 1 aliphatic heterocycles. The van der Waals surface area contributed by atoms with Crippen LogP contribution in [0, 0.1) is 6.92 Å². The molecule has 2 heterocycles. The molecular weight excluding hydrogens is 224 g/mol. The highest BCUT2D eigenvalue weighted by Gasteiger charge is 2.23.